The molecule has 0 aromatic rings. The van der Waals surface area contributed by atoms with Crippen LogP contribution in [0.3, 0.4) is 0 Å². The molecule has 8 heteroatoms. The molecular formula is C15H33NO5Si2. The lowest BCUT2D eigenvalue weighted by molar-refractivity contribution is -0.0441. The number of hydrogen-bond donors (Lipinski definition) is 0. The molecule has 1 saturated heterocycles. The van der Waals surface area contributed by atoms with Crippen LogP contribution < -0.4 is 0 Å². The maximum absolute atomic E-state index is 6.29. The summed E-state index contributed by atoms with van der Waals surface area (Å²) in [6.07, 6.45) is 2.39. The van der Waals surface area contributed by atoms with Gasteiger partial charge in [0.15, 0.2) is 0 Å². The van der Waals surface area contributed by atoms with Gasteiger partial charge in [0.25, 0.3) is 0 Å². The zero-order chi connectivity index (χ0) is 17.1. The Balaban J connectivity index is 2.40. The third kappa shape index (κ3) is 8.21. The average Bonchev–Trinajstić information content (AvgIpc) is 2.53. The van der Waals surface area contributed by atoms with Gasteiger partial charge >= 0.3 is 8.56 Å². The van der Waals surface area contributed by atoms with Crippen molar-refractivity contribution in [2.24, 2.45) is 0 Å². The van der Waals surface area contributed by atoms with Gasteiger partial charge in [-0.05, 0) is 38.5 Å². The molecule has 6 nitrogen and oxygen atoms in total. The molecular weight excluding hydrogens is 330 g/mol. The van der Waals surface area contributed by atoms with Gasteiger partial charge in [-0.3, -0.25) is 0 Å². The van der Waals surface area contributed by atoms with Gasteiger partial charge in [0.1, 0.15) is 15.4 Å². The molecule has 0 saturated carbocycles. The lowest BCUT2D eigenvalue weighted by Gasteiger charge is -2.36. The van der Waals surface area contributed by atoms with E-state index in [1.54, 1.807) is 28.4 Å². The lowest BCUT2D eigenvalue weighted by atomic mass is 10.3. The molecule has 2 unspecified atom stereocenters. The maximum atomic E-state index is 6.29. The summed E-state index contributed by atoms with van der Waals surface area (Å²) in [5.41, 5.74) is 0. The lowest BCUT2D eigenvalue weighted by Crippen LogP contribution is -2.49. The fourth-order valence-electron chi connectivity index (χ4n) is 2.86. The maximum Gasteiger partial charge on any atom is 0.335 e. The highest BCUT2D eigenvalue weighted by Crippen LogP contribution is 2.21. The van der Waals surface area contributed by atoms with E-state index in [0.717, 1.165) is 44.6 Å². The minimum atomic E-state index is -2.02. The molecule has 0 aliphatic carbocycles. The highest BCUT2D eigenvalue weighted by Gasteiger charge is 2.35. The van der Waals surface area contributed by atoms with Crippen molar-refractivity contribution < 1.29 is 23.1 Å². The molecule has 1 fully saturated rings. The molecule has 0 N–H and O–H groups in total. The molecule has 2 radical (unpaired) electrons. The Bertz CT molecular complexity index is 310. The van der Waals surface area contributed by atoms with Crippen molar-refractivity contribution in [2.45, 2.75) is 43.5 Å². The van der Waals surface area contributed by atoms with Crippen LogP contribution in [0.2, 0.25) is 18.6 Å². The number of rotatable bonds is 10. The van der Waals surface area contributed by atoms with Gasteiger partial charge in [-0.2, -0.15) is 0 Å². The van der Waals surface area contributed by atoms with Crippen LogP contribution in [0.25, 0.3) is 0 Å². The van der Waals surface area contributed by atoms with E-state index in [4.69, 9.17) is 23.1 Å². The van der Waals surface area contributed by atoms with Gasteiger partial charge in [-0.15, -0.1) is 0 Å². The summed E-state index contributed by atoms with van der Waals surface area (Å²) in [7, 11) is 5.56. The summed E-state index contributed by atoms with van der Waals surface area (Å²) >= 11 is 0. The van der Waals surface area contributed by atoms with Gasteiger partial charge in [0.05, 0.1) is 12.7 Å². The van der Waals surface area contributed by atoms with Crippen LogP contribution in [0.1, 0.15) is 12.8 Å². The van der Waals surface area contributed by atoms with E-state index >= 15 is 0 Å². The fourth-order valence-corrected chi connectivity index (χ4v) is 5.86. The molecule has 0 aromatic heterocycles. The Hall–Kier alpha value is 0.194. The summed E-state index contributed by atoms with van der Waals surface area (Å²) in [4.78, 5) is 2.49. The van der Waals surface area contributed by atoms with E-state index in [-0.39, 0.29) is 12.0 Å². The van der Waals surface area contributed by atoms with Crippen LogP contribution in [0.15, 0.2) is 0 Å². The first-order valence-corrected chi connectivity index (χ1v) is 12.1. The minimum Gasteiger partial charge on any atom is -0.398 e. The second-order valence-electron chi connectivity index (χ2n) is 6.05. The van der Waals surface area contributed by atoms with Crippen LogP contribution in [0.4, 0.5) is 0 Å². The topological polar surface area (TPSA) is 49.4 Å². The molecule has 23 heavy (non-hydrogen) atoms. The van der Waals surface area contributed by atoms with Crippen LogP contribution in [-0.2, 0) is 23.1 Å². The Morgan fingerprint density at radius 2 is 2.00 bits per heavy atom. The van der Waals surface area contributed by atoms with Gasteiger partial charge in [-0.1, -0.05) is 6.04 Å². The predicted molar refractivity (Wildman–Crippen MR) is 94.2 cm³/mol. The highest BCUT2D eigenvalue weighted by molar-refractivity contribution is 6.66. The number of methoxy groups -OCH3 is 3. The van der Waals surface area contributed by atoms with Crippen molar-refractivity contribution in [3.05, 3.63) is 0 Å². The van der Waals surface area contributed by atoms with Gasteiger partial charge in [0.2, 0.25) is 0 Å². The molecule has 2 atom stereocenters. The van der Waals surface area contributed by atoms with E-state index in [0.29, 0.717) is 16.1 Å². The molecule has 0 spiro atoms. The first kappa shape index (κ1) is 21.2. The third-order valence-electron chi connectivity index (χ3n) is 4.16. The van der Waals surface area contributed by atoms with E-state index in [1.165, 1.54) is 0 Å². The fraction of sp³-hybridized carbons (Fsp3) is 1.00. The third-order valence-corrected chi connectivity index (χ3v) is 8.56. The Morgan fingerprint density at radius 1 is 1.26 bits per heavy atom. The van der Waals surface area contributed by atoms with Crippen molar-refractivity contribution in [1.82, 2.24) is 4.90 Å². The molecule has 0 aromatic carbocycles. The van der Waals surface area contributed by atoms with Crippen molar-refractivity contribution in [1.29, 1.82) is 0 Å². The van der Waals surface area contributed by atoms with E-state index in [1.807, 2.05) is 0 Å². The minimum absolute atomic E-state index is 0.0553. The van der Waals surface area contributed by atoms with Crippen molar-refractivity contribution in [3.63, 3.8) is 0 Å². The molecule has 1 aliphatic rings. The largest absolute Gasteiger partial charge is 0.398 e. The molecule has 1 heterocycles. The summed E-state index contributed by atoms with van der Waals surface area (Å²) in [5.74, 6) is -0.0553. The Labute approximate surface area is 144 Å². The van der Waals surface area contributed by atoms with Crippen LogP contribution in [0, 0.1) is 0 Å². The van der Waals surface area contributed by atoms with Crippen molar-refractivity contribution >= 4 is 18.1 Å². The molecule has 1 rings (SSSR count). The van der Waals surface area contributed by atoms with Gasteiger partial charge in [0, 0.05) is 35.0 Å². The monoisotopic (exact) mass is 363 g/mol. The van der Waals surface area contributed by atoms with Gasteiger partial charge < -0.3 is 28.0 Å². The predicted octanol–water partition coefficient (Wildman–Crippen LogP) is 1.53. The summed E-state index contributed by atoms with van der Waals surface area (Å²) < 4.78 is 27.8. The zero-order valence-electron chi connectivity index (χ0n) is 15.3. The van der Waals surface area contributed by atoms with Crippen molar-refractivity contribution in [3.8, 4) is 0 Å². The first-order chi connectivity index (χ1) is 11.1. The molecule has 0 bridgehead atoms. The van der Waals surface area contributed by atoms with E-state index in [9.17, 15) is 0 Å². The van der Waals surface area contributed by atoms with E-state index < -0.39 is 8.56 Å². The molecule has 136 valence electrons. The van der Waals surface area contributed by atoms with Crippen LogP contribution in [0.5, 0.6) is 0 Å². The summed E-state index contributed by atoms with van der Waals surface area (Å²) in [6, 6.07) is 2.17. The zero-order valence-corrected chi connectivity index (χ0v) is 17.3. The van der Waals surface area contributed by atoms with Gasteiger partial charge in [-0.25, -0.2) is 0 Å². The Morgan fingerprint density at radius 3 is 2.61 bits per heavy atom. The smallest absolute Gasteiger partial charge is 0.335 e. The number of ether oxygens (including phenoxy) is 3. The quantitative estimate of drug-likeness (QED) is 0.333. The second kappa shape index (κ2) is 11.7. The number of hydrogen-bond acceptors (Lipinski definition) is 6. The molecule has 1 aliphatic heterocycles. The van der Waals surface area contributed by atoms with Crippen LogP contribution >= 0.6 is 0 Å². The normalized spacial score (nSPS) is 27.1. The second-order valence-corrected chi connectivity index (χ2v) is 10.8. The highest BCUT2D eigenvalue weighted by atomic mass is 28.4. The summed E-state index contributed by atoms with van der Waals surface area (Å²) in [5, 5.41) is 0. The summed E-state index contributed by atoms with van der Waals surface area (Å²) in [6.45, 7) is 5.89. The van der Waals surface area contributed by atoms with Crippen LogP contribution in [-0.4, -0.2) is 89.7 Å². The average molecular weight is 364 g/mol. The standard InChI is InChI=1S/C15H33NO5Si2/c1-17-13-14-12-16(8-6-10-22-15(18-2)19-3)9-7-11-23(5,20-4)21-14/h14-15H,6-13H2,1-5H3. The SMILES string of the molecule is COCC1CN(CCC[Si]C(OC)OC)CCC[Si](C)(OC)O1. The van der Waals surface area contributed by atoms with E-state index in [2.05, 4.69) is 11.4 Å². The Kier molecular flexibility index (Phi) is 10.8. The number of nitrogens with zero attached hydrogens (tertiary/aromatic N) is 1. The van der Waals surface area contributed by atoms with Crippen molar-refractivity contribution in [2.75, 3.05) is 54.7 Å². The molecule has 0 amide bonds. The first-order valence-electron chi connectivity index (χ1n) is 8.30.